The van der Waals surface area contributed by atoms with Crippen LogP contribution in [0.3, 0.4) is 0 Å². The molecule has 4 rings (SSSR count). The molecule has 2 aromatic carbocycles. The molecule has 0 atom stereocenters. The first-order valence-corrected chi connectivity index (χ1v) is 11.3. The van der Waals surface area contributed by atoms with Crippen LogP contribution >= 0.6 is 0 Å². The number of nitrogens with one attached hydrogen (secondary N) is 3. The number of carbonyl (C=O) groups excluding carboxylic acids is 3. The molecule has 3 amide bonds. The number of nitrogens with zero attached hydrogens (tertiary/aromatic N) is 2. The van der Waals surface area contributed by atoms with Gasteiger partial charge in [0.2, 0.25) is 0 Å². The molecule has 3 aromatic rings. The summed E-state index contributed by atoms with van der Waals surface area (Å²) in [6, 6.07) is 12.0. The standard InChI is InChI=1S/C25H23N5O7/c1-14-21-18(26-27-23(31)15-7-5-8-16(13-15)36-2)10-6-12-20(21)37-22(14)25(33)29-28-24(32)17-9-3-4-11-19(17)30(34)35/h3-5,7-9,11,13H,6,10,12H2,1-2H3,(H,27,31)(H,28,32)(H,29,33)/b26-18+. The molecule has 0 fully saturated rings. The van der Waals surface area contributed by atoms with Gasteiger partial charge in [-0.3, -0.25) is 35.3 Å². The third-order valence-electron chi connectivity index (χ3n) is 5.79. The van der Waals surface area contributed by atoms with Gasteiger partial charge in [0.25, 0.3) is 17.5 Å². The summed E-state index contributed by atoms with van der Waals surface area (Å²) in [5.41, 5.74) is 8.39. The fourth-order valence-corrected chi connectivity index (χ4v) is 4.01. The number of methoxy groups -OCH3 is 1. The van der Waals surface area contributed by atoms with E-state index in [0.29, 0.717) is 53.2 Å². The fourth-order valence-electron chi connectivity index (χ4n) is 4.01. The SMILES string of the molecule is COc1cccc(C(=O)N/N=C2\CCCc3oc(C(=O)NNC(=O)c4ccccc4[N+](=O)[O-])c(C)c32)c1. The molecule has 0 bridgehead atoms. The summed E-state index contributed by atoms with van der Waals surface area (Å²) in [6.07, 6.45) is 1.82. The van der Waals surface area contributed by atoms with Crippen LogP contribution in [0.1, 0.15) is 61.0 Å². The number of furan rings is 1. The number of nitro groups is 1. The van der Waals surface area contributed by atoms with Crippen molar-refractivity contribution in [3.8, 4) is 5.75 Å². The van der Waals surface area contributed by atoms with Crippen LogP contribution in [0.4, 0.5) is 5.69 Å². The first kappa shape index (κ1) is 25.1. The number of nitro benzene ring substituents is 1. The lowest BCUT2D eigenvalue weighted by Crippen LogP contribution is -2.42. The van der Waals surface area contributed by atoms with E-state index >= 15 is 0 Å². The maximum absolute atomic E-state index is 12.8. The number of para-hydroxylation sites is 1. The van der Waals surface area contributed by atoms with Crippen LogP contribution in [-0.2, 0) is 6.42 Å². The van der Waals surface area contributed by atoms with Crippen molar-refractivity contribution < 1.29 is 28.5 Å². The quantitative estimate of drug-likeness (QED) is 0.342. The Morgan fingerprint density at radius 2 is 1.78 bits per heavy atom. The van der Waals surface area contributed by atoms with E-state index in [-0.39, 0.29) is 11.3 Å². The zero-order chi connectivity index (χ0) is 26.5. The average molecular weight is 505 g/mol. The van der Waals surface area contributed by atoms with Crippen molar-refractivity contribution in [2.45, 2.75) is 26.2 Å². The number of amides is 3. The van der Waals surface area contributed by atoms with Crippen molar-refractivity contribution >= 4 is 29.1 Å². The number of hydrazone groups is 1. The second-order valence-electron chi connectivity index (χ2n) is 8.12. The second kappa shape index (κ2) is 10.7. The van der Waals surface area contributed by atoms with E-state index in [1.807, 2.05) is 0 Å². The molecule has 3 N–H and O–H groups in total. The Bertz CT molecular complexity index is 1430. The number of ether oxygens (including phenoxy) is 1. The molecule has 1 heterocycles. The predicted octanol–water partition coefficient (Wildman–Crippen LogP) is 3.05. The van der Waals surface area contributed by atoms with Gasteiger partial charge in [0.05, 0.1) is 17.7 Å². The van der Waals surface area contributed by atoms with Gasteiger partial charge in [-0.15, -0.1) is 0 Å². The summed E-state index contributed by atoms with van der Waals surface area (Å²) < 4.78 is 10.9. The minimum atomic E-state index is -0.850. The fraction of sp³-hybridized carbons (Fsp3) is 0.200. The Labute approximate surface area is 210 Å². The Morgan fingerprint density at radius 3 is 2.54 bits per heavy atom. The minimum absolute atomic E-state index is 0.0402. The highest BCUT2D eigenvalue weighted by Crippen LogP contribution is 2.30. The minimum Gasteiger partial charge on any atom is -0.497 e. The van der Waals surface area contributed by atoms with Crippen LogP contribution < -0.4 is 21.0 Å². The van der Waals surface area contributed by atoms with Crippen LogP contribution in [0.2, 0.25) is 0 Å². The normalized spacial score (nSPS) is 13.4. The molecule has 37 heavy (non-hydrogen) atoms. The molecule has 0 saturated carbocycles. The summed E-state index contributed by atoms with van der Waals surface area (Å²) >= 11 is 0. The van der Waals surface area contributed by atoms with E-state index in [0.717, 1.165) is 0 Å². The predicted molar refractivity (Wildman–Crippen MR) is 131 cm³/mol. The Kier molecular flexibility index (Phi) is 7.28. The number of aryl methyl sites for hydroxylation is 1. The van der Waals surface area contributed by atoms with Crippen molar-refractivity contribution in [1.82, 2.24) is 16.3 Å². The summed E-state index contributed by atoms with van der Waals surface area (Å²) in [5.74, 6) is -0.975. The summed E-state index contributed by atoms with van der Waals surface area (Å²) in [7, 11) is 1.51. The van der Waals surface area contributed by atoms with E-state index in [9.17, 15) is 24.5 Å². The summed E-state index contributed by atoms with van der Waals surface area (Å²) in [5, 5.41) is 15.4. The topological polar surface area (TPSA) is 165 Å². The van der Waals surface area contributed by atoms with Crippen LogP contribution in [-0.4, -0.2) is 35.5 Å². The monoisotopic (exact) mass is 505 g/mol. The molecule has 1 aliphatic carbocycles. The molecule has 12 heteroatoms. The first-order chi connectivity index (χ1) is 17.8. The molecule has 0 spiro atoms. The lowest BCUT2D eigenvalue weighted by molar-refractivity contribution is -0.385. The molecular weight excluding hydrogens is 482 g/mol. The molecule has 190 valence electrons. The van der Waals surface area contributed by atoms with Gasteiger partial charge in [0, 0.05) is 29.2 Å². The average Bonchev–Trinajstić information content (AvgIpc) is 3.27. The van der Waals surface area contributed by atoms with Crippen LogP contribution in [0.15, 0.2) is 58.0 Å². The highest BCUT2D eigenvalue weighted by atomic mass is 16.6. The first-order valence-electron chi connectivity index (χ1n) is 11.3. The van der Waals surface area contributed by atoms with Crippen molar-refractivity contribution in [2.24, 2.45) is 5.10 Å². The lowest BCUT2D eigenvalue weighted by atomic mass is 9.93. The van der Waals surface area contributed by atoms with Crippen LogP contribution in [0.25, 0.3) is 0 Å². The van der Waals surface area contributed by atoms with Gasteiger partial charge in [-0.2, -0.15) is 5.10 Å². The Balaban J connectivity index is 1.49. The van der Waals surface area contributed by atoms with Crippen LogP contribution in [0, 0.1) is 17.0 Å². The number of fused-ring (bicyclic) bond motifs is 1. The van der Waals surface area contributed by atoms with E-state index in [2.05, 4.69) is 21.4 Å². The zero-order valence-corrected chi connectivity index (χ0v) is 20.0. The van der Waals surface area contributed by atoms with Crippen molar-refractivity contribution in [2.75, 3.05) is 7.11 Å². The van der Waals surface area contributed by atoms with Crippen molar-refractivity contribution in [1.29, 1.82) is 0 Å². The van der Waals surface area contributed by atoms with Gasteiger partial charge in [0.15, 0.2) is 5.76 Å². The van der Waals surface area contributed by atoms with Gasteiger partial charge in [0.1, 0.15) is 17.1 Å². The van der Waals surface area contributed by atoms with Gasteiger partial charge in [-0.1, -0.05) is 18.2 Å². The maximum atomic E-state index is 12.8. The number of rotatable bonds is 6. The molecule has 12 nitrogen and oxygen atoms in total. The largest absolute Gasteiger partial charge is 0.497 e. The van der Waals surface area contributed by atoms with E-state index < -0.39 is 28.3 Å². The Morgan fingerprint density at radius 1 is 1.03 bits per heavy atom. The third kappa shape index (κ3) is 5.32. The molecule has 1 aliphatic rings. The number of hydrogen-bond acceptors (Lipinski definition) is 8. The number of hydrogen-bond donors (Lipinski definition) is 3. The van der Waals surface area contributed by atoms with Gasteiger partial charge in [-0.05, 0) is 44.0 Å². The highest BCUT2D eigenvalue weighted by Gasteiger charge is 2.29. The lowest BCUT2D eigenvalue weighted by Gasteiger charge is -2.13. The van der Waals surface area contributed by atoms with Crippen molar-refractivity contribution in [3.05, 3.63) is 92.4 Å². The molecule has 0 aliphatic heterocycles. The van der Waals surface area contributed by atoms with Crippen molar-refractivity contribution in [3.63, 3.8) is 0 Å². The van der Waals surface area contributed by atoms with Gasteiger partial charge >= 0.3 is 5.91 Å². The number of carbonyl (C=O) groups is 3. The number of benzene rings is 2. The number of hydrazine groups is 1. The molecule has 0 unspecified atom stereocenters. The third-order valence-corrected chi connectivity index (χ3v) is 5.79. The van der Waals surface area contributed by atoms with E-state index in [4.69, 9.17) is 9.15 Å². The smallest absolute Gasteiger partial charge is 0.305 e. The van der Waals surface area contributed by atoms with Gasteiger partial charge < -0.3 is 9.15 Å². The zero-order valence-electron chi connectivity index (χ0n) is 20.0. The second-order valence-corrected chi connectivity index (χ2v) is 8.12. The summed E-state index contributed by atoms with van der Waals surface area (Å²) in [4.78, 5) is 48.2. The Hall–Kier alpha value is -5.00. The van der Waals surface area contributed by atoms with Gasteiger partial charge in [-0.25, -0.2) is 5.43 Å². The van der Waals surface area contributed by atoms with E-state index in [1.165, 1.54) is 31.4 Å². The molecule has 1 aromatic heterocycles. The maximum Gasteiger partial charge on any atom is 0.305 e. The van der Waals surface area contributed by atoms with Crippen LogP contribution in [0.5, 0.6) is 5.75 Å². The summed E-state index contributed by atoms with van der Waals surface area (Å²) in [6.45, 7) is 1.67. The highest BCUT2D eigenvalue weighted by molar-refractivity contribution is 6.07. The van der Waals surface area contributed by atoms with E-state index in [1.54, 1.807) is 31.2 Å². The molecular formula is C25H23N5O7. The molecule has 0 saturated heterocycles. The molecule has 0 radical (unpaired) electrons.